The van der Waals surface area contributed by atoms with E-state index in [1.807, 2.05) is 11.4 Å². The van der Waals surface area contributed by atoms with Gasteiger partial charge in [0.1, 0.15) is 15.9 Å². The number of thiophene rings is 1. The second kappa shape index (κ2) is 7.76. The third-order valence-electron chi connectivity index (χ3n) is 2.48. The lowest BCUT2D eigenvalue weighted by atomic mass is 10.2. The molecule has 0 aliphatic rings. The lowest BCUT2D eigenvalue weighted by Gasteiger charge is -2.14. The summed E-state index contributed by atoms with van der Waals surface area (Å²) in [5, 5.41) is 15.6. The molecule has 1 rings (SSSR count). The van der Waals surface area contributed by atoms with Gasteiger partial charge in [0.05, 0.1) is 12.3 Å². The molecule has 0 aliphatic carbocycles. The molecule has 1 heterocycles. The highest BCUT2D eigenvalue weighted by atomic mass is 79.9. The van der Waals surface area contributed by atoms with E-state index in [-0.39, 0.29) is 18.7 Å². The number of carboxylic acids is 1. The van der Waals surface area contributed by atoms with Gasteiger partial charge in [-0.15, -0.1) is 11.3 Å². The smallest absolute Gasteiger partial charge is 0.326 e. The minimum atomic E-state index is -3.28. The van der Waals surface area contributed by atoms with Crippen LogP contribution < -0.4 is 10.6 Å². The fourth-order valence-corrected chi connectivity index (χ4v) is 3.51. The number of hydrogen-bond acceptors (Lipinski definition) is 5. The van der Waals surface area contributed by atoms with Crippen molar-refractivity contribution in [1.82, 2.24) is 10.6 Å². The SMILES string of the molecule is CS(=O)(=O)CCC(NC(=O)NCc1sccc1Br)C(=O)O. The largest absolute Gasteiger partial charge is 0.480 e. The molecule has 7 nitrogen and oxygen atoms in total. The molecular weight excluding hydrogens is 384 g/mol. The van der Waals surface area contributed by atoms with E-state index in [2.05, 4.69) is 26.6 Å². The Bertz CT molecular complexity index is 614. The predicted octanol–water partition coefficient (Wildman–Crippen LogP) is 1.20. The Morgan fingerprint density at radius 2 is 2.14 bits per heavy atom. The van der Waals surface area contributed by atoms with E-state index in [0.29, 0.717) is 0 Å². The van der Waals surface area contributed by atoms with Crippen molar-refractivity contribution in [2.24, 2.45) is 0 Å². The van der Waals surface area contributed by atoms with Gasteiger partial charge in [0.15, 0.2) is 0 Å². The van der Waals surface area contributed by atoms with Crippen LogP contribution in [0.2, 0.25) is 0 Å². The Balaban J connectivity index is 2.49. The van der Waals surface area contributed by atoms with E-state index in [4.69, 9.17) is 5.11 Å². The molecule has 0 saturated carbocycles. The maximum Gasteiger partial charge on any atom is 0.326 e. The molecule has 0 aromatic carbocycles. The maximum atomic E-state index is 11.6. The van der Waals surface area contributed by atoms with Crippen LogP contribution >= 0.6 is 27.3 Å². The molecule has 0 bridgehead atoms. The summed E-state index contributed by atoms with van der Waals surface area (Å²) in [4.78, 5) is 23.5. The number of carbonyl (C=O) groups excluding carboxylic acids is 1. The van der Waals surface area contributed by atoms with Crippen molar-refractivity contribution in [1.29, 1.82) is 0 Å². The number of carboxylic acid groups (broad SMARTS) is 1. The molecule has 1 unspecified atom stereocenters. The van der Waals surface area contributed by atoms with Crippen LogP contribution in [0.3, 0.4) is 0 Å². The van der Waals surface area contributed by atoms with Crippen LogP contribution in [-0.4, -0.2) is 43.6 Å². The van der Waals surface area contributed by atoms with Crippen molar-refractivity contribution in [3.05, 3.63) is 20.8 Å². The summed E-state index contributed by atoms with van der Waals surface area (Å²) in [5.74, 6) is -1.58. The van der Waals surface area contributed by atoms with Crippen molar-refractivity contribution in [3.63, 3.8) is 0 Å². The third kappa shape index (κ3) is 6.91. The number of hydrogen-bond donors (Lipinski definition) is 3. The van der Waals surface area contributed by atoms with Gasteiger partial charge in [0, 0.05) is 15.6 Å². The summed E-state index contributed by atoms with van der Waals surface area (Å²) in [6, 6.07) is -0.0612. The first-order valence-electron chi connectivity index (χ1n) is 5.86. The number of rotatable bonds is 7. The summed E-state index contributed by atoms with van der Waals surface area (Å²) in [5.41, 5.74) is 0. The summed E-state index contributed by atoms with van der Waals surface area (Å²) in [6.45, 7) is 0.252. The zero-order valence-corrected chi connectivity index (χ0v) is 14.3. The van der Waals surface area contributed by atoms with Crippen LogP contribution in [0, 0.1) is 0 Å². The van der Waals surface area contributed by atoms with Gasteiger partial charge in [0.25, 0.3) is 0 Å². The topological polar surface area (TPSA) is 113 Å². The Labute approximate surface area is 134 Å². The van der Waals surface area contributed by atoms with E-state index < -0.39 is 27.9 Å². The van der Waals surface area contributed by atoms with E-state index in [1.54, 1.807) is 0 Å². The maximum absolute atomic E-state index is 11.6. The predicted molar refractivity (Wildman–Crippen MR) is 83.1 cm³/mol. The molecule has 0 radical (unpaired) electrons. The van der Waals surface area contributed by atoms with Gasteiger partial charge in [-0.1, -0.05) is 0 Å². The highest BCUT2D eigenvalue weighted by Crippen LogP contribution is 2.21. The van der Waals surface area contributed by atoms with Crippen molar-refractivity contribution in [2.45, 2.75) is 19.0 Å². The van der Waals surface area contributed by atoms with Crippen LogP contribution in [0.15, 0.2) is 15.9 Å². The number of aliphatic carboxylic acids is 1. The Hall–Kier alpha value is -1.13. The number of nitrogens with one attached hydrogen (secondary N) is 2. The molecule has 118 valence electrons. The summed E-state index contributed by atoms with van der Waals surface area (Å²) >= 11 is 4.76. The van der Waals surface area contributed by atoms with Gasteiger partial charge in [-0.3, -0.25) is 0 Å². The van der Waals surface area contributed by atoms with E-state index in [0.717, 1.165) is 15.6 Å². The summed E-state index contributed by atoms with van der Waals surface area (Å²) in [6.07, 6.45) is 0.838. The molecule has 1 atom stereocenters. The molecule has 0 saturated heterocycles. The van der Waals surface area contributed by atoms with Crippen LogP contribution in [0.5, 0.6) is 0 Å². The lowest BCUT2D eigenvalue weighted by Crippen LogP contribution is -2.46. The van der Waals surface area contributed by atoms with Crippen molar-refractivity contribution >= 4 is 49.1 Å². The first-order chi connectivity index (χ1) is 9.69. The zero-order chi connectivity index (χ0) is 16.0. The zero-order valence-electron chi connectivity index (χ0n) is 11.1. The van der Waals surface area contributed by atoms with Gasteiger partial charge in [-0.25, -0.2) is 18.0 Å². The van der Waals surface area contributed by atoms with Crippen LogP contribution in [0.25, 0.3) is 0 Å². The molecule has 10 heteroatoms. The molecular formula is C11H15BrN2O5S2. The Morgan fingerprint density at radius 3 is 2.62 bits per heavy atom. The highest BCUT2D eigenvalue weighted by Gasteiger charge is 2.21. The van der Waals surface area contributed by atoms with Crippen molar-refractivity contribution < 1.29 is 23.1 Å². The average Bonchev–Trinajstić information content (AvgIpc) is 2.76. The Kier molecular flexibility index (Phi) is 6.62. The Morgan fingerprint density at radius 1 is 1.48 bits per heavy atom. The molecule has 0 fully saturated rings. The van der Waals surface area contributed by atoms with E-state index in [9.17, 15) is 18.0 Å². The number of sulfone groups is 1. The molecule has 3 N–H and O–H groups in total. The second-order valence-electron chi connectivity index (χ2n) is 4.33. The number of carbonyl (C=O) groups is 2. The molecule has 0 spiro atoms. The molecule has 21 heavy (non-hydrogen) atoms. The van der Waals surface area contributed by atoms with Gasteiger partial charge >= 0.3 is 12.0 Å². The number of amides is 2. The first-order valence-corrected chi connectivity index (χ1v) is 9.59. The average molecular weight is 399 g/mol. The van der Waals surface area contributed by atoms with Crippen LogP contribution in [0.4, 0.5) is 4.79 Å². The van der Waals surface area contributed by atoms with Crippen molar-refractivity contribution in [2.75, 3.05) is 12.0 Å². The minimum absolute atomic E-state index is 0.176. The monoisotopic (exact) mass is 398 g/mol. The number of urea groups is 1. The van der Waals surface area contributed by atoms with Crippen LogP contribution in [0.1, 0.15) is 11.3 Å². The van der Waals surface area contributed by atoms with Crippen molar-refractivity contribution in [3.8, 4) is 0 Å². The standard InChI is InChI=1S/C11H15BrN2O5S2/c1-21(18,19)5-3-8(10(15)16)14-11(17)13-6-9-7(12)2-4-20-9/h2,4,8H,3,5-6H2,1H3,(H,15,16)(H2,13,14,17). The highest BCUT2D eigenvalue weighted by molar-refractivity contribution is 9.10. The molecule has 1 aromatic heterocycles. The van der Waals surface area contributed by atoms with Gasteiger partial charge in [0.2, 0.25) is 0 Å². The fraction of sp³-hybridized carbons (Fsp3) is 0.455. The molecule has 1 aromatic rings. The van der Waals surface area contributed by atoms with E-state index in [1.165, 1.54) is 11.3 Å². The normalized spacial score (nSPS) is 12.7. The summed E-state index contributed by atoms with van der Waals surface area (Å²) < 4.78 is 22.9. The van der Waals surface area contributed by atoms with E-state index >= 15 is 0 Å². The molecule has 2 amide bonds. The molecule has 0 aliphatic heterocycles. The summed E-state index contributed by atoms with van der Waals surface area (Å²) in [7, 11) is -3.28. The third-order valence-corrected chi connectivity index (χ3v) is 5.38. The van der Waals surface area contributed by atoms with Gasteiger partial charge < -0.3 is 15.7 Å². The second-order valence-corrected chi connectivity index (χ2v) is 8.44. The first kappa shape index (κ1) is 17.9. The quantitative estimate of drug-likeness (QED) is 0.638. The fourth-order valence-electron chi connectivity index (χ4n) is 1.41. The lowest BCUT2D eigenvalue weighted by molar-refractivity contribution is -0.139. The van der Waals surface area contributed by atoms with Crippen LogP contribution in [-0.2, 0) is 21.2 Å². The van der Waals surface area contributed by atoms with Gasteiger partial charge in [-0.05, 0) is 33.8 Å². The minimum Gasteiger partial charge on any atom is -0.480 e. The number of halogens is 1. The van der Waals surface area contributed by atoms with Gasteiger partial charge in [-0.2, -0.15) is 0 Å².